The average molecular weight is 425 g/mol. The quantitative estimate of drug-likeness (QED) is 0.359. The van der Waals surface area contributed by atoms with E-state index in [0.29, 0.717) is 45.1 Å². The van der Waals surface area contributed by atoms with Gasteiger partial charge in [-0.05, 0) is 49.4 Å². The Labute approximate surface area is 174 Å². The number of hydrogen-bond donors (Lipinski definition) is 2. The fourth-order valence-electron chi connectivity index (χ4n) is 2.82. The van der Waals surface area contributed by atoms with Gasteiger partial charge in [0.2, 0.25) is 11.1 Å². The number of fused-ring (bicyclic) bond motifs is 3. The van der Waals surface area contributed by atoms with E-state index in [9.17, 15) is 14.0 Å². The Morgan fingerprint density at radius 3 is 2.73 bits per heavy atom. The van der Waals surface area contributed by atoms with E-state index in [1.165, 1.54) is 12.1 Å². The zero-order valence-electron chi connectivity index (χ0n) is 15.8. The Morgan fingerprint density at radius 1 is 1.17 bits per heavy atom. The first-order valence-corrected chi connectivity index (χ1v) is 10.0. The summed E-state index contributed by atoms with van der Waals surface area (Å²) in [5.41, 5.74) is 2.62. The summed E-state index contributed by atoms with van der Waals surface area (Å²) < 4.78 is 18.4. The van der Waals surface area contributed by atoms with Gasteiger partial charge < -0.3 is 15.0 Å². The van der Waals surface area contributed by atoms with Crippen LogP contribution < -0.4 is 5.32 Å². The van der Waals surface area contributed by atoms with Gasteiger partial charge in [-0.1, -0.05) is 11.8 Å². The molecule has 0 saturated carbocycles. The molecule has 0 radical (unpaired) electrons. The third-order valence-corrected chi connectivity index (χ3v) is 5.01. The molecule has 2 heterocycles. The largest absolute Gasteiger partial charge is 0.462 e. The van der Waals surface area contributed by atoms with Crippen LogP contribution in [-0.4, -0.2) is 44.4 Å². The second kappa shape index (κ2) is 8.46. The lowest BCUT2D eigenvalue weighted by Crippen LogP contribution is -2.14. The highest BCUT2D eigenvalue weighted by atomic mass is 32.2. The minimum absolute atomic E-state index is 0.0711. The monoisotopic (exact) mass is 425 g/mol. The van der Waals surface area contributed by atoms with Crippen LogP contribution in [-0.2, 0) is 9.53 Å². The zero-order valence-corrected chi connectivity index (χ0v) is 16.6. The number of amides is 1. The highest BCUT2D eigenvalue weighted by molar-refractivity contribution is 7.99. The van der Waals surface area contributed by atoms with Crippen LogP contribution in [0.15, 0.2) is 47.6 Å². The third-order valence-electron chi connectivity index (χ3n) is 4.17. The van der Waals surface area contributed by atoms with E-state index in [1.807, 2.05) is 0 Å². The molecule has 30 heavy (non-hydrogen) atoms. The number of esters is 1. The maximum Gasteiger partial charge on any atom is 0.338 e. The molecule has 0 fully saturated rings. The molecular weight excluding hydrogens is 409 g/mol. The average Bonchev–Trinajstić information content (AvgIpc) is 3.10. The summed E-state index contributed by atoms with van der Waals surface area (Å²) in [7, 11) is 0. The first-order valence-electron chi connectivity index (χ1n) is 9.05. The number of halogens is 1. The predicted molar refractivity (Wildman–Crippen MR) is 111 cm³/mol. The molecule has 0 spiro atoms. The molecule has 2 aromatic carbocycles. The summed E-state index contributed by atoms with van der Waals surface area (Å²) in [6.45, 7) is 2.03. The predicted octanol–water partition coefficient (Wildman–Crippen LogP) is 3.55. The first-order chi connectivity index (χ1) is 14.5. The van der Waals surface area contributed by atoms with Crippen LogP contribution in [0.25, 0.3) is 22.1 Å². The third kappa shape index (κ3) is 4.23. The summed E-state index contributed by atoms with van der Waals surface area (Å²) in [5, 5.41) is 11.8. The van der Waals surface area contributed by atoms with Gasteiger partial charge in [-0.3, -0.25) is 4.79 Å². The number of nitrogens with one attached hydrogen (secondary N) is 2. The number of rotatable bonds is 6. The van der Waals surface area contributed by atoms with Gasteiger partial charge >= 0.3 is 5.97 Å². The number of benzene rings is 2. The van der Waals surface area contributed by atoms with Crippen molar-refractivity contribution in [1.29, 1.82) is 0 Å². The van der Waals surface area contributed by atoms with Crippen molar-refractivity contribution in [2.45, 2.75) is 12.1 Å². The van der Waals surface area contributed by atoms with Gasteiger partial charge in [0.15, 0.2) is 5.65 Å². The summed E-state index contributed by atoms with van der Waals surface area (Å²) >= 11 is 1.13. The highest BCUT2D eigenvalue weighted by Crippen LogP contribution is 2.24. The van der Waals surface area contributed by atoms with Gasteiger partial charge in [-0.15, -0.1) is 10.2 Å². The molecule has 0 atom stereocenters. The number of carbonyl (C=O) groups excluding carboxylic acids is 2. The Kier molecular flexibility index (Phi) is 5.57. The van der Waals surface area contributed by atoms with Crippen molar-refractivity contribution >= 4 is 51.4 Å². The van der Waals surface area contributed by atoms with Gasteiger partial charge in [0, 0.05) is 16.6 Å². The number of thioether (sulfide) groups is 1. The van der Waals surface area contributed by atoms with Crippen LogP contribution >= 0.6 is 11.8 Å². The van der Waals surface area contributed by atoms with E-state index in [2.05, 4.69) is 25.5 Å². The molecule has 2 aromatic heterocycles. The van der Waals surface area contributed by atoms with Gasteiger partial charge in [0.25, 0.3) is 0 Å². The van der Waals surface area contributed by atoms with Crippen LogP contribution in [0, 0.1) is 5.82 Å². The van der Waals surface area contributed by atoms with Crippen molar-refractivity contribution in [3.63, 3.8) is 0 Å². The highest BCUT2D eigenvalue weighted by Gasteiger charge is 2.12. The first kappa shape index (κ1) is 19.8. The molecule has 4 rings (SSSR count). The number of hydrogen-bond acceptors (Lipinski definition) is 7. The van der Waals surface area contributed by atoms with Gasteiger partial charge in [0.1, 0.15) is 11.3 Å². The minimum Gasteiger partial charge on any atom is -0.462 e. The van der Waals surface area contributed by atoms with Crippen molar-refractivity contribution in [2.75, 3.05) is 17.7 Å². The maximum atomic E-state index is 13.5. The standard InChI is InChI=1S/C20H16FN5O3S/c1-2-29-19(28)11-3-6-13(7-4-11)22-16(27)10-30-20-24-18-17(25-26-20)14-9-12(21)5-8-15(14)23-18/h3-9H,2,10H2,1H3,(H,22,27)(H,23,24,26). The Bertz CT molecular complexity index is 1240. The van der Waals surface area contributed by atoms with Crippen molar-refractivity contribution in [3.8, 4) is 0 Å². The van der Waals surface area contributed by atoms with E-state index < -0.39 is 5.97 Å². The Hall–Kier alpha value is -3.53. The lowest BCUT2D eigenvalue weighted by Gasteiger charge is -2.06. The van der Waals surface area contributed by atoms with Crippen molar-refractivity contribution in [2.24, 2.45) is 0 Å². The van der Waals surface area contributed by atoms with Gasteiger partial charge in [0.05, 0.1) is 17.9 Å². The molecule has 2 N–H and O–H groups in total. The molecule has 152 valence electrons. The molecule has 1 amide bonds. The number of H-pyrrole nitrogens is 1. The Morgan fingerprint density at radius 2 is 1.97 bits per heavy atom. The topological polar surface area (TPSA) is 110 Å². The molecule has 4 aromatic rings. The zero-order chi connectivity index (χ0) is 21.1. The lowest BCUT2D eigenvalue weighted by atomic mass is 10.2. The van der Waals surface area contributed by atoms with Crippen LogP contribution in [0.4, 0.5) is 10.1 Å². The van der Waals surface area contributed by atoms with Crippen molar-refractivity contribution < 1.29 is 18.7 Å². The number of anilines is 1. The van der Waals surface area contributed by atoms with Gasteiger partial charge in [-0.2, -0.15) is 0 Å². The summed E-state index contributed by atoms with van der Waals surface area (Å²) in [5.74, 6) is -0.964. The number of aromatic amines is 1. The summed E-state index contributed by atoms with van der Waals surface area (Å²) in [6.07, 6.45) is 0. The molecule has 0 aliphatic rings. The fraction of sp³-hybridized carbons (Fsp3) is 0.150. The minimum atomic E-state index is -0.411. The lowest BCUT2D eigenvalue weighted by molar-refractivity contribution is -0.113. The number of aromatic nitrogens is 4. The van der Waals surface area contributed by atoms with Crippen LogP contribution in [0.5, 0.6) is 0 Å². The SMILES string of the molecule is CCOC(=O)c1ccc(NC(=O)CSc2nnc3c(n2)[nH]c2ccc(F)cc23)cc1. The number of nitrogens with zero attached hydrogens (tertiary/aromatic N) is 3. The summed E-state index contributed by atoms with van der Waals surface area (Å²) in [4.78, 5) is 31.3. The van der Waals surface area contributed by atoms with Crippen LogP contribution in [0.1, 0.15) is 17.3 Å². The summed E-state index contributed by atoms with van der Waals surface area (Å²) in [6, 6.07) is 10.8. The second-order valence-electron chi connectivity index (χ2n) is 6.24. The normalized spacial score (nSPS) is 11.0. The van der Waals surface area contributed by atoms with E-state index >= 15 is 0 Å². The van der Waals surface area contributed by atoms with Crippen molar-refractivity contribution in [3.05, 3.63) is 53.8 Å². The smallest absolute Gasteiger partial charge is 0.338 e. The maximum absolute atomic E-state index is 13.5. The fourth-order valence-corrected chi connectivity index (χ4v) is 3.41. The number of carbonyl (C=O) groups is 2. The van der Waals surface area contributed by atoms with E-state index in [1.54, 1.807) is 37.3 Å². The molecular formula is C20H16FN5O3S. The molecule has 0 aliphatic carbocycles. The molecule has 0 bridgehead atoms. The van der Waals surface area contributed by atoms with E-state index in [4.69, 9.17) is 4.74 Å². The number of ether oxygens (including phenoxy) is 1. The van der Waals surface area contributed by atoms with E-state index in [-0.39, 0.29) is 17.5 Å². The molecule has 8 nitrogen and oxygen atoms in total. The van der Waals surface area contributed by atoms with E-state index in [0.717, 1.165) is 11.8 Å². The second-order valence-corrected chi connectivity index (χ2v) is 7.18. The molecule has 0 saturated heterocycles. The van der Waals surface area contributed by atoms with Crippen molar-refractivity contribution in [1.82, 2.24) is 20.2 Å². The van der Waals surface area contributed by atoms with Crippen LogP contribution in [0.3, 0.4) is 0 Å². The Balaban J connectivity index is 1.39. The molecule has 10 heteroatoms. The molecule has 0 aliphatic heterocycles. The van der Waals surface area contributed by atoms with Gasteiger partial charge in [-0.25, -0.2) is 14.2 Å². The van der Waals surface area contributed by atoms with Crippen LogP contribution in [0.2, 0.25) is 0 Å². The molecule has 0 unspecified atom stereocenters.